The summed E-state index contributed by atoms with van der Waals surface area (Å²) in [4.78, 5) is 9.13. The summed E-state index contributed by atoms with van der Waals surface area (Å²) in [5, 5.41) is 0. The molecule has 0 radical (unpaired) electrons. The van der Waals surface area contributed by atoms with Crippen molar-refractivity contribution in [2.75, 3.05) is 39.3 Å². The van der Waals surface area contributed by atoms with Crippen LogP contribution in [0.15, 0.2) is 4.99 Å². The molecular formula is C13H27IN4O. The van der Waals surface area contributed by atoms with E-state index in [1.54, 1.807) is 0 Å². The van der Waals surface area contributed by atoms with Crippen LogP contribution in [0.1, 0.15) is 26.7 Å². The molecule has 1 atom stereocenters. The van der Waals surface area contributed by atoms with E-state index in [0.29, 0.717) is 5.96 Å². The van der Waals surface area contributed by atoms with Gasteiger partial charge in [-0.25, -0.2) is 0 Å². The molecule has 5 nitrogen and oxygen atoms in total. The Morgan fingerprint density at radius 3 is 2.79 bits per heavy atom. The zero-order valence-electron chi connectivity index (χ0n) is 12.0. The summed E-state index contributed by atoms with van der Waals surface area (Å²) in [7, 11) is 0. The van der Waals surface area contributed by atoms with Gasteiger partial charge in [0.15, 0.2) is 5.96 Å². The molecule has 1 saturated carbocycles. The number of halogens is 1. The number of nitrogens with zero attached hydrogens (tertiary/aromatic N) is 3. The SMILES string of the molecule is CCN(CCN=C(N)N1CCOC(C)C1)C1CC1.I. The average molecular weight is 382 g/mol. The maximum absolute atomic E-state index is 6.03. The molecule has 0 spiro atoms. The summed E-state index contributed by atoms with van der Waals surface area (Å²) in [5.74, 6) is 0.678. The number of rotatable bonds is 5. The molecule has 2 rings (SSSR count). The lowest BCUT2D eigenvalue weighted by Gasteiger charge is -2.32. The molecule has 112 valence electrons. The summed E-state index contributed by atoms with van der Waals surface area (Å²) in [6, 6.07) is 0.815. The second-order valence-electron chi connectivity index (χ2n) is 5.23. The van der Waals surface area contributed by atoms with Crippen molar-refractivity contribution >= 4 is 29.9 Å². The van der Waals surface area contributed by atoms with Gasteiger partial charge in [0.2, 0.25) is 0 Å². The predicted molar refractivity (Wildman–Crippen MR) is 89.2 cm³/mol. The highest BCUT2D eigenvalue weighted by Crippen LogP contribution is 2.25. The van der Waals surface area contributed by atoms with Gasteiger partial charge >= 0.3 is 0 Å². The minimum absolute atomic E-state index is 0. The molecular weight excluding hydrogens is 355 g/mol. The summed E-state index contributed by atoms with van der Waals surface area (Å²) in [6.45, 7) is 9.72. The lowest BCUT2D eigenvalue weighted by Crippen LogP contribution is -2.48. The third-order valence-electron chi connectivity index (χ3n) is 3.70. The number of nitrogens with two attached hydrogens (primary N) is 1. The molecule has 0 aromatic heterocycles. The van der Waals surface area contributed by atoms with Gasteiger partial charge in [-0.2, -0.15) is 0 Å². The molecule has 1 aliphatic heterocycles. The molecule has 0 aromatic carbocycles. The molecule has 19 heavy (non-hydrogen) atoms. The average Bonchev–Trinajstić information content (AvgIpc) is 3.18. The van der Waals surface area contributed by atoms with E-state index in [9.17, 15) is 0 Å². The minimum atomic E-state index is 0. The van der Waals surface area contributed by atoms with Crippen molar-refractivity contribution < 1.29 is 4.74 Å². The van der Waals surface area contributed by atoms with Crippen LogP contribution in [0.2, 0.25) is 0 Å². The van der Waals surface area contributed by atoms with E-state index in [4.69, 9.17) is 10.5 Å². The highest BCUT2D eigenvalue weighted by molar-refractivity contribution is 14.0. The van der Waals surface area contributed by atoms with E-state index in [2.05, 4.69) is 28.6 Å². The van der Waals surface area contributed by atoms with Gasteiger partial charge in [-0.05, 0) is 26.3 Å². The zero-order chi connectivity index (χ0) is 13.0. The second kappa shape index (κ2) is 8.26. The van der Waals surface area contributed by atoms with Crippen LogP contribution in [0, 0.1) is 0 Å². The van der Waals surface area contributed by atoms with Crippen molar-refractivity contribution in [2.45, 2.75) is 38.8 Å². The number of aliphatic imine (C=N–C) groups is 1. The molecule has 2 N–H and O–H groups in total. The largest absolute Gasteiger partial charge is 0.375 e. The Hall–Kier alpha value is -0.0800. The topological polar surface area (TPSA) is 54.1 Å². The smallest absolute Gasteiger partial charge is 0.191 e. The van der Waals surface area contributed by atoms with E-state index in [-0.39, 0.29) is 30.1 Å². The van der Waals surface area contributed by atoms with Crippen LogP contribution in [-0.2, 0) is 4.74 Å². The molecule has 1 aliphatic carbocycles. The third kappa shape index (κ3) is 5.43. The van der Waals surface area contributed by atoms with Gasteiger partial charge in [0.25, 0.3) is 0 Å². The first-order valence-corrected chi connectivity index (χ1v) is 7.11. The third-order valence-corrected chi connectivity index (χ3v) is 3.70. The molecule has 2 fully saturated rings. The van der Waals surface area contributed by atoms with Gasteiger partial charge in [-0.15, -0.1) is 24.0 Å². The van der Waals surface area contributed by atoms with Crippen molar-refractivity contribution in [3.63, 3.8) is 0 Å². The molecule has 1 saturated heterocycles. The Balaban J connectivity index is 0.00000180. The second-order valence-corrected chi connectivity index (χ2v) is 5.23. The number of guanidine groups is 1. The number of hydrogen-bond acceptors (Lipinski definition) is 3. The van der Waals surface area contributed by atoms with Gasteiger partial charge < -0.3 is 15.4 Å². The minimum Gasteiger partial charge on any atom is -0.375 e. The van der Waals surface area contributed by atoms with E-state index in [1.807, 2.05) is 0 Å². The van der Waals surface area contributed by atoms with Crippen LogP contribution in [0.4, 0.5) is 0 Å². The molecule has 0 bridgehead atoms. The van der Waals surface area contributed by atoms with Crippen molar-refractivity contribution in [3.8, 4) is 0 Å². The van der Waals surface area contributed by atoms with Gasteiger partial charge in [0.1, 0.15) is 0 Å². The van der Waals surface area contributed by atoms with Gasteiger partial charge in [-0.1, -0.05) is 6.92 Å². The number of ether oxygens (including phenoxy) is 1. The summed E-state index contributed by atoms with van der Waals surface area (Å²) < 4.78 is 5.50. The van der Waals surface area contributed by atoms with Crippen LogP contribution >= 0.6 is 24.0 Å². The Kier molecular flexibility index (Phi) is 7.38. The van der Waals surface area contributed by atoms with Gasteiger partial charge in [0, 0.05) is 25.7 Å². The van der Waals surface area contributed by atoms with Gasteiger partial charge in [-0.3, -0.25) is 9.89 Å². The van der Waals surface area contributed by atoms with Crippen LogP contribution < -0.4 is 5.73 Å². The van der Waals surface area contributed by atoms with Crippen LogP contribution in [0.5, 0.6) is 0 Å². The Labute approximate surface area is 133 Å². The highest BCUT2D eigenvalue weighted by atomic mass is 127. The first kappa shape index (κ1) is 17.0. The number of hydrogen-bond donors (Lipinski definition) is 1. The van der Waals surface area contributed by atoms with Crippen LogP contribution in [0.25, 0.3) is 0 Å². The Bertz CT molecular complexity index is 296. The molecule has 0 aromatic rings. The van der Waals surface area contributed by atoms with E-state index >= 15 is 0 Å². The molecule has 1 heterocycles. The first-order chi connectivity index (χ1) is 8.70. The number of morpholine rings is 1. The zero-order valence-corrected chi connectivity index (χ0v) is 14.4. The van der Waals surface area contributed by atoms with E-state index in [1.165, 1.54) is 12.8 Å². The Morgan fingerprint density at radius 2 is 2.21 bits per heavy atom. The summed E-state index contributed by atoms with van der Waals surface area (Å²) >= 11 is 0. The standard InChI is InChI=1S/C13H26N4O.HI/c1-3-16(12-4-5-12)7-6-15-13(14)17-8-9-18-11(2)10-17;/h11-12H,3-10H2,1-2H3,(H2,14,15);1H. The van der Waals surface area contributed by atoms with Crippen molar-refractivity contribution in [3.05, 3.63) is 0 Å². The maximum Gasteiger partial charge on any atom is 0.191 e. The Morgan fingerprint density at radius 1 is 1.47 bits per heavy atom. The van der Waals surface area contributed by atoms with Crippen molar-refractivity contribution in [2.24, 2.45) is 10.7 Å². The molecule has 0 amide bonds. The highest BCUT2D eigenvalue weighted by Gasteiger charge is 2.27. The fourth-order valence-corrected chi connectivity index (χ4v) is 2.46. The predicted octanol–water partition coefficient (Wildman–Crippen LogP) is 1.12. The fraction of sp³-hybridized carbons (Fsp3) is 0.923. The van der Waals surface area contributed by atoms with Crippen LogP contribution in [-0.4, -0.2) is 67.2 Å². The van der Waals surface area contributed by atoms with Gasteiger partial charge in [0.05, 0.1) is 19.3 Å². The van der Waals surface area contributed by atoms with Crippen molar-refractivity contribution in [1.29, 1.82) is 0 Å². The lowest BCUT2D eigenvalue weighted by molar-refractivity contribution is 0.00528. The summed E-state index contributed by atoms with van der Waals surface area (Å²) in [6.07, 6.45) is 2.97. The van der Waals surface area contributed by atoms with Crippen LogP contribution in [0.3, 0.4) is 0 Å². The van der Waals surface area contributed by atoms with Crippen molar-refractivity contribution in [1.82, 2.24) is 9.80 Å². The molecule has 2 aliphatic rings. The number of likely N-dealkylation sites (N-methyl/N-ethyl adjacent to an activating group) is 1. The van der Waals surface area contributed by atoms with E-state index in [0.717, 1.165) is 45.4 Å². The monoisotopic (exact) mass is 382 g/mol. The normalized spacial score (nSPS) is 24.5. The fourth-order valence-electron chi connectivity index (χ4n) is 2.46. The molecule has 6 heteroatoms. The maximum atomic E-state index is 6.03. The quantitative estimate of drug-likeness (QED) is 0.440. The van der Waals surface area contributed by atoms with E-state index < -0.39 is 0 Å². The molecule has 1 unspecified atom stereocenters. The first-order valence-electron chi connectivity index (χ1n) is 7.11. The summed E-state index contributed by atoms with van der Waals surface area (Å²) in [5.41, 5.74) is 6.03. The lowest BCUT2D eigenvalue weighted by atomic mass is 10.3.